The van der Waals surface area contributed by atoms with Crippen molar-refractivity contribution < 1.29 is 4.74 Å². The Labute approximate surface area is 55.8 Å². The molecule has 2 heteroatoms. The van der Waals surface area contributed by atoms with E-state index in [0.29, 0.717) is 5.60 Å². The van der Waals surface area contributed by atoms with Gasteiger partial charge < -0.3 is 4.74 Å². The minimum absolute atomic E-state index is 0.343. The summed E-state index contributed by atoms with van der Waals surface area (Å²) in [5, 5.41) is 0. The first-order valence-corrected chi connectivity index (χ1v) is 3.71. The minimum atomic E-state index is 0.343. The molecule has 0 radical (unpaired) electrons. The molecule has 1 heterocycles. The second kappa shape index (κ2) is 1.70. The van der Waals surface area contributed by atoms with Gasteiger partial charge in [-0.2, -0.15) is 0 Å². The molecule has 1 aliphatic heterocycles. The molecule has 0 aromatic carbocycles. The average molecular weight is 127 g/mol. The SMILES string of the molecule is CCN1COC2(CC2)C1. The molecule has 2 aliphatic rings. The fraction of sp³-hybridized carbons (Fsp3) is 1.00. The van der Waals surface area contributed by atoms with Gasteiger partial charge in [-0.25, -0.2) is 0 Å². The highest BCUT2D eigenvalue weighted by Gasteiger charge is 2.48. The molecule has 2 nitrogen and oxygen atoms in total. The Morgan fingerprint density at radius 3 is 2.67 bits per heavy atom. The van der Waals surface area contributed by atoms with Crippen molar-refractivity contribution in [2.75, 3.05) is 19.8 Å². The molecule has 0 atom stereocenters. The van der Waals surface area contributed by atoms with E-state index in [2.05, 4.69) is 11.8 Å². The molecule has 1 spiro atoms. The lowest BCUT2D eigenvalue weighted by Crippen LogP contribution is -2.21. The highest BCUT2D eigenvalue weighted by Crippen LogP contribution is 2.43. The van der Waals surface area contributed by atoms with Crippen LogP contribution in [0.15, 0.2) is 0 Å². The Morgan fingerprint density at radius 1 is 1.56 bits per heavy atom. The van der Waals surface area contributed by atoms with Crippen molar-refractivity contribution in [2.45, 2.75) is 25.4 Å². The van der Waals surface area contributed by atoms with Crippen molar-refractivity contribution in [1.82, 2.24) is 4.90 Å². The third kappa shape index (κ3) is 0.864. The summed E-state index contributed by atoms with van der Waals surface area (Å²) >= 11 is 0. The number of nitrogens with zero attached hydrogens (tertiary/aromatic N) is 1. The first-order chi connectivity index (χ1) is 4.35. The summed E-state index contributed by atoms with van der Waals surface area (Å²) < 4.78 is 5.58. The van der Waals surface area contributed by atoms with Crippen molar-refractivity contribution in [3.05, 3.63) is 0 Å². The number of rotatable bonds is 1. The lowest BCUT2D eigenvalue weighted by Gasteiger charge is -2.07. The molecule has 0 aromatic rings. The highest BCUT2D eigenvalue weighted by molar-refractivity contribution is 5.00. The molecule has 1 aliphatic carbocycles. The Morgan fingerprint density at radius 2 is 2.33 bits per heavy atom. The van der Waals surface area contributed by atoms with Crippen LogP contribution < -0.4 is 0 Å². The van der Waals surface area contributed by atoms with Gasteiger partial charge in [0.15, 0.2) is 0 Å². The van der Waals surface area contributed by atoms with E-state index in [-0.39, 0.29) is 0 Å². The van der Waals surface area contributed by atoms with Gasteiger partial charge in [0.1, 0.15) is 0 Å². The van der Waals surface area contributed by atoms with Crippen molar-refractivity contribution >= 4 is 0 Å². The normalized spacial score (nSPS) is 31.7. The van der Waals surface area contributed by atoms with E-state index in [1.807, 2.05) is 0 Å². The Hall–Kier alpha value is -0.0800. The van der Waals surface area contributed by atoms with Crippen LogP contribution in [0.3, 0.4) is 0 Å². The third-order valence-corrected chi connectivity index (χ3v) is 2.32. The summed E-state index contributed by atoms with van der Waals surface area (Å²) in [5.41, 5.74) is 0.343. The van der Waals surface area contributed by atoms with Gasteiger partial charge in [-0.15, -0.1) is 0 Å². The molecule has 0 unspecified atom stereocenters. The van der Waals surface area contributed by atoms with E-state index in [9.17, 15) is 0 Å². The van der Waals surface area contributed by atoms with Gasteiger partial charge >= 0.3 is 0 Å². The van der Waals surface area contributed by atoms with Crippen molar-refractivity contribution in [1.29, 1.82) is 0 Å². The molecule has 0 bridgehead atoms. The van der Waals surface area contributed by atoms with E-state index in [4.69, 9.17) is 4.74 Å². The maximum Gasteiger partial charge on any atom is 0.0999 e. The zero-order chi connectivity index (χ0) is 6.32. The van der Waals surface area contributed by atoms with E-state index in [1.54, 1.807) is 0 Å². The Balaban J connectivity index is 1.93. The minimum Gasteiger partial charge on any atom is -0.358 e. The monoisotopic (exact) mass is 127 g/mol. The first kappa shape index (κ1) is 5.69. The van der Waals surface area contributed by atoms with Crippen LogP contribution in [0.4, 0.5) is 0 Å². The average Bonchev–Trinajstić information content (AvgIpc) is 2.44. The maximum atomic E-state index is 5.58. The first-order valence-electron chi connectivity index (χ1n) is 3.71. The zero-order valence-corrected chi connectivity index (χ0v) is 5.89. The lowest BCUT2D eigenvalue weighted by atomic mass is 10.3. The topological polar surface area (TPSA) is 12.5 Å². The fourth-order valence-electron chi connectivity index (χ4n) is 1.37. The second-order valence-electron chi connectivity index (χ2n) is 3.10. The fourth-order valence-corrected chi connectivity index (χ4v) is 1.37. The summed E-state index contributed by atoms with van der Waals surface area (Å²) in [6.07, 6.45) is 2.59. The van der Waals surface area contributed by atoms with Crippen LogP contribution in [-0.2, 0) is 4.74 Å². The molecule has 0 aromatic heterocycles. The number of likely N-dealkylation sites (N-methyl/N-ethyl adjacent to an activating group) is 1. The molecule has 1 saturated heterocycles. The van der Waals surface area contributed by atoms with Crippen LogP contribution in [-0.4, -0.2) is 30.3 Å². The van der Waals surface area contributed by atoms with Crippen LogP contribution in [0.1, 0.15) is 19.8 Å². The molecule has 9 heavy (non-hydrogen) atoms. The van der Waals surface area contributed by atoms with Gasteiger partial charge in [0.2, 0.25) is 0 Å². The largest absolute Gasteiger partial charge is 0.358 e. The molecular formula is C7H13NO. The summed E-state index contributed by atoms with van der Waals surface area (Å²) in [4.78, 5) is 2.35. The summed E-state index contributed by atoms with van der Waals surface area (Å²) in [6.45, 7) is 5.38. The maximum absolute atomic E-state index is 5.58. The number of hydrogen-bond donors (Lipinski definition) is 0. The third-order valence-electron chi connectivity index (χ3n) is 2.32. The molecule has 2 rings (SSSR count). The second-order valence-corrected chi connectivity index (χ2v) is 3.10. The van der Waals surface area contributed by atoms with Gasteiger partial charge in [0.25, 0.3) is 0 Å². The van der Waals surface area contributed by atoms with Gasteiger partial charge in [-0.3, -0.25) is 4.90 Å². The van der Waals surface area contributed by atoms with Gasteiger partial charge in [-0.1, -0.05) is 6.92 Å². The van der Waals surface area contributed by atoms with Crippen molar-refractivity contribution in [3.8, 4) is 0 Å². The lowest BCUT2D eigenvalue weighted by molar-refractivity contribution is 0.0760. The highest BCUT2D eigenvalue weighted by atomic mass is 16.5. The molecular weight excluding hydrogens is 114 g/mol. The van der Waals surface area contributed by atoms with E-state index in [1.165, 1.54) is 19.4 Å². The Bertz CT molecular complexity index is 120. The molecule has 2 fully saturated rings. The molecule has 52 valence electrons. The van der Waals surface area contributed by atoms with Gasteiger partial charge in [-0.05, 0) is 19.4 Å². The zero-order valence-electron chi connectivity index (χ0n) is 5.89. The summed E-state index contributed by atoms with van der Waals surface area (Å²) in [6, 6.07) is 0. The van der Waals surface area contributed by atoms with Crippen LogP contribution in [0.2, 0.25) is 0 Å². The van der Waals surface area contributed by atoms with Crippen LogP contribution in [0.5, 0.6) is 0 Å². The van der Waals surface area contributed by atoms with Crippen molar-refractivity contribution in [3.63, 3.8) is 0 Å². The molecule has 0 amide bonds. The van der Waals surface area contributed by atoms with Gasteiger partial charge in [0, 0.05) is 6.54 Å². The van der Waals surface area contributed by atoms with Gasteiger partial charge in [0.05, 0.1) is 12.3 Å². The van der Waals surface area contributed by atoms with Crippen LogP contribution in [0.25, 0.3) is 0 Å². The van der Waals surface area contributed by atoms with E-state index < -0.39 is 0 Å². The molecule has 0 N–H and O–H groups in total. The predicted molar refractivity (Wildman–Crippen MR) is 35.2 cm³/mol. The predicted octanol–water partition coefficient (Wildman–Crippen LogP) is 0.829. The standard InChI is InChI=1S/C7H13NO/c1-2-8-5-7(3-4-7)9-6-8/h2-6H2,1H3. The Kier molecular flexibility index (Phi) is 1.08. The van der Waals surface area contributed by atoms with Crippen molar-refractivity contribution in [2.24, 2.45) is 0 Å². The summed E-state index contributed by atoms with van der Waals surface area (Å²) in [7, 11) is 0. The van der Waals surface area contributed by atoms with E-state index >= 15 is 0 Å². The quantitative estimate of drug-likeness (QED) is 0.517. The number of ether oxygens (including phenoxy) is 1. The van der Waals surface area contributed by atoms with Crippen LogP contribution in [0, 0.1) is 0 Å². The number of hydrogen-bond acceptors (Lipinski definition) is 2. The smallest absolute Gasteiger partial charge is 0.0999 e. The van der Waals surface area contributed by atoms with Crippen LogP contribution >= 0.6 is 0 Å². The molecule has 1 saturated carbocycles. The van der Waals surface area contributed by atoms with E-state index in [0.717, 1.165) is 13.3 Å². The summed E-state index contributed by atoms with van der Waals surface area (Å²) in [5.74, 6) is 0.